The van der Waals surface area contributed by atoms with E-state index in [0.29, 0.717) is 19.5 Å². The van der Waals surface area contributed by atoms with Crippen molar-refractivity contribution in [3.63, 3.8) is 0 Å². The van der Waals surface area contributed by atoms with E-state index < -0.39 is 10.2 Å². The van der Waals surface area contributed by atoms with Gasteiger partial charge in [-0.05, 0) is 43.9 Å². The van der Waals surface area contributed by atoms with Gasteiger partial charge in [-0.2, -0.15) is 12.7 Å². The molecule has 1 saturated heterocycles. The summed E-state index contributed by atoms with van der Waals surface area (Å²) in [6.45, 7) is 2.86. The van der Waals surface area contributed by atoms with Crippen LogP contribution in [-0.2, 0) is 16.6 Å². The van der Waals surface area contributed by atoms with Crippen molar-refractivity contribution in [2.45, 2.75) is 38.6 Å². The van der Waals surface area contributed by atoms with Crippen LogP contribution in [0.1, 0.15) is 31.7 Å². The van der Waals surface area contributed by atoms with Gasteiger partial charge in [-0.25, -0.2) is 9.11 Å². The van der Waals surface area contributed by atoms with Crippen molar-refractivity contribution in [2.75, 3.05) is 13.1 Å². The van der Waals surface area contributed by atoms with Gasteiger partial charge in [0.15, 0.2) is 0 Å². The van der Waals surface area contributed by atoms with E-state index in [-0.39, 0.29) is 11.9 Å². The van der Waals surface area contributed by atoms with Gasteiger partial charge in [-0.1, -0.05) is 18.6 Å². The molecule has 0 bridgehead atoms. The van der Waals surface area contributed by atoms with E-state index in [2.05, 4.69) is 4.72 Å². The molecule has 20 heavy (non-hydrogen) atoms. The van der Waals surface area contributed by atoms with Crippen LogP contribution in [0.3, 0.4) is 0 Å². The van der Waals surface area contributed by atoms with E-state index in [1.54, 1.807) is 16.4 Å². The normalized spacial score (nSPS) is 21.0. The summed E-state index contributed by atoms with van der Waals surface area (Å²) in [5, 5.41) is 0. The lowest BCUT2D eigenvalue weighted by atomic mass is 10.1. The number of nitrogens with zero attached hydrogens (tertiary/aromatic N) is 1. The predicted molar refractivity (Wildman–Crippen MR) is 77.0 cm³/mol. The molecule has 0 unspecified atom stereocenters. The Morgan fingerprint density at radius 1 is 1.30 bits per heavy atom. The summed E-state index contributed by atoms with van der Waals surface area (Å²) in [6.07, 6.45) is 3.48. The molecule has 1 fully saturated rings. The molecule has 1 aromatic rings. The van der Waals surface area contributed by atoms with Crippen molar-refractivity contribution in [3.05, 3.63) is 35.6 Å². The van der Waals surface area contributed by atoms with Gasteiger partial charge in [0.2, 0.25) is 0 Å². The lowest BCUT2D eigenvalue weighted by molar-refractivity contribution is 0.265. The smallest absolute Gasteiger partial charge is 0.207 e. The molecule has 0 aliphatic carbocycles. The van der Waals surface area contributed by atoms with Gasteiger partial charge in [0.05, 0.1) is 0 Å². The SMILES string of the molecule is C[C@H]1CCCCN1S(=O)(=O)NCCc1ccc(F)cc1. The second kappa shape index (κ2) is 6.65. The first-order valence-electron chi connectivity index (χ1n) is 7.00. The maximum Gasteiger partial charge on any atom is 0.279 e. The first-order chi connectivity index (χ1) is 9.49. The molecule has 1 atom stereocenters. The Balaban J connectivity index is 1.87. The minimum Gasteiger partial charge on any atom is -0.207 e. The summed E-state index contributed by atoms with van der Waals surface area (Å²) in [4.78, 5) is 0. The van der Waals surface area contributed by atoms with Crippen LogP contribution in [0.5, 0.6) is 0 Å². The fraction of sp³-hybridized carbons (Fsp3) is 0.571. The van der Waals surface area contributed by atoms with E-state index in [4.69, 9.17) is 0 Å². The molecule has 0 aromatic heterocycles. The Hall–Kier alpha value is -0.980. The number of rotatable bonds is 5. The van der Waals surface area contributed by atoms with Gasteiger partial charge < -0.3 is 0 Å². The number of hydrogen-bond acceptors (Lipinski definition) is 2. The van der Waals surface area contributed by atoms with Crippen molar-refractivity contribution in [1.82, 2.24) is 9.03 Å². The van der Waals surface area contributed by atoms with Gasteiger partial charge in [-0.15, -0.1) is 0 Å². The lowest BCUT2D eigenvalue weighted by Gasteiger charge is -2.32. The first-order valence-corrected chi connectivity index (χ1v) is 8.44. The molecule has 1 N–H and O–H groups in total. The van der Waals surface area contributed by atoms with Crippen LogP contribution in [0.2, 0.25) is 0 Å². The first kappa shape index (κ1) is 15.4. The zero-order chi connectivity index (χ0) is 14.6. The van der Waals surface area contributed by atoms with Gasteiger partial charge in [0, 0.05) is 19.1 Å². The van der Waals surface area contributed by atoms with Crippen LogP contribution in [0.15, 0.2) is 24.3 Å². The highest BCUT2D eigenvalue weighted by Gasteiger charge is 2.28. The Morgan fingerprint density at radius 2 is 2.00 bits per heavy atom. The highest BCUT2D eigenvalue weighted by Crippen LogP contribution is 2.18. The zero-order valence-corrected chi connectivity index (χ0v) is 12.5. The summed E-state index contributed by atoms with van der Waals surface area (Å²) in [6, 6.07) is 6.18. The molecule has 6 heteroatoms. The Kier molecular flexibility index (Phi) is 5.12. The molecule has 112 valence electrons. The summed E-state index contributed by atoms with van der Waals surface area (Å²) < 4.78 is 41.3. The number of halogens is 1. The minimum atomic E-state index is -3.40. The van der Waals surface area contributed by atoms with E-state index in [9.17, 15) is 12.8 Å². The van der Waals surface area contributed by atoms with Gasteiger partial charge in [0.1, 0.15) is 5.82 Å². The number of benzene rings is 1. The fourth-order valence-corrected chi connectivity index (χ4v) is 3.96. The third-order valence-corrected chi connectivity index (χ3v) is 5.39. The van der Waals surface area contributed by atoms with Crippen LogP contribution in [-0.4, -0.2) is 31.9 Å². The Labute approximate surface area is 120 Å². The van der Waals surface area contributed by atoms with Crippen LogP contribution in [0.4, 0.5) is 4.39 Å². The van der Waals surface area contributed by atoms with Gasteiger partial charge >= 0.3 is 0 Å². The van der Waals surface area contributed by atoms with Gasteiger partial charge in [-0.3, -0.25) is 0 Å². The summed E-state index contributed by atoms with van der Waals surface area (Å²) in [7, 11) is -3.40. The molecular weight excluding hydrogens is 279 g/mol. The van der Waals surface area contributed by atoms with Crippen LogP contribution < -0.4 is 4.72 Å². The molecule has 1 heterocycles. The number of nitrogens with one attached hydrogen (secondary N) is 1. The highest BCUT2D eigenvalue weighted by atomic mass is 32.2. The summed E-state index contributed by atoms with van der Waals surface area (Å²) in [5.41, 5.74) is 0.917. The Morgan fingerprint density at radius 3 is 2.65 bits per heavy atom. The average molecular weight is 300 g/mol. The van der Waals surface area contributed by atoms with Crippen molar-refractivity contribution in [2.24, 2.45) is 0 Å². The van der Waals surface area contributed by atoms with Crippen molar-refractivity contribution in [3.8, 4) is 0 Å². The monoisotopic (exact) mass is 300 g/mol. The van der Waals surface area contributed by atoms with E-state index >= 15 is 0 Å². The molecular formula is C14H21FN2O2S. The molecule has 0 radical (unpaired) electrons. The summed E-state index contributed by atoms with van der Waals surface area (Å²) >= 11 is 0. The van der Waals surface area contributed by atoms with E-state index in [1.807, 2.05) is 6.92 Å². The van der Waals surface area contributed by atoms with Crippen molar-refractivity contribution >= 4 is 10.2 Å². The highest BCUT2D eigenvalue weighted by molar-refractivity contribution is 7.87. The molecule has 1 aliphatic heterocycles. The lowest BCUT2D eigenvalue weighted by Crippen LogP contribution is -2.48. The maximum absolute atomic E-state index is 12.8. The van der Waals surface area contributed by atoms with E-state index in [0.717, 1.165) is 24.8 Å². The minimum absolute atomic E-state index is 0.0621. The van der Waals surface area contributed by atoms with Crippen molar-refractivity contribution in [1.29, 1.82) is 0 Å². The topological polar surface area (TPSA) is 49.4 Å². The second-order valence-corrected chi connectivity index (χ2v) is 6.94. The number of piperidine rings is 1. The molecule has 1 aromatic carbocycles. The maximum atomic E-state index is 12.8. The molecule has 0 saturated carbocycles. The standard InChI is InChI=1S/C14H21FN2O2S/c1-12-4-2-3-11-17(12)20(18,19)16-10-9-13-5-7-14(15)8-6-13/h5-8,12,16H,2-4,9-11H2,1H3/t12-/m0/s1. The molecule has 2 rings (SSSR count). The molecule has 0 amide bonds. The van der Waals surface area contributed by atoms with Crippen molar-refractivity contribution < 1.29 is 12.8 Å². The number of hydrogen-bond donors (Lipinski definition) is 1. The quantitative estimate of drug-likeness (QED) is 0.905. The largest absolute Gasteiger partial charge is 0.279 e. The van der Waals surface area contributed by atoms with Crippen LogP contribution in [0, 0.1) is 5.82 Å². The summed E-state index contributed by atoms with van der Waals surface area (Å²) in [5.74, 6) is -0.281. The molecule has 4 nitrogen and oxygen atoms in total. The van der Waals surface area contributed by atoms with E-state index in [1.165, 1.54) is 12.1 Å². The third-order valence-electron chi connectivity index (χ3n) is 3.66. The zero-order valence-electron chi connectivity index (χ0n) is 11.7. The van der Waals surface area contributed by atoms with Crippen LogP contribution in [0.25, 0.3) is 0 Å². The predicted octanol–water partition coefficient (Wildman–Crippen LogP) is 2.08. The second-order valence-electron chi connectivity index (χ2n) is 5.23. The van der Waals surface area contributed by atoms with Gasteiger partial charge in [0.25, 0.3) is 10.2 Å². The Bertz CT molecular complexity index is 531. The van der Waals surface area contributed by atoms with Crippen LogP contribution >= 0.6 is 0 Å². The average Bonchev–Trinajstić information content (AvgIpc) is 2.41. The third kappa shape index (κ3) is 4.01. The molecule has 1 aliphatic rings. The molecule has 0 spiro atoms. The fourth-order valence-electron chi connectivity index (χ4n) is 2.49.